The third-order valence-electron chi connectivity index (χ3n) is 4.60. The predicted octanol–water partition coefficient (Wildman–Crippen LogP) is 4.62. The van der Waals surface area contributed by atoms with Crippen LogP contribution in [-0.2, 0) is 0 Å². The summed E-state index contributed by atoms with van der Waals surface area (Å²) in [6.45, 7) is 3.08. The molecule has 0 bridgehead atoms. The Bertz CT molecular complexity index is 942. The number of piperazine rings is 1. The van der Waals surface area contributed by atoms with Gasteiger partial charge >= 0.3 is 0 Å². The summed E-state index contributed by atoms with van der Waals surface area (Å²) in [6.07, 6.45) is 3.34. The van der Waals surface area contributed by atoms with Crippen LogP contribution in [0.3, 0.4) is 0 Å². The molecule has 6 heteroatoms. The average Bonchev–Trinajstić information content (AvgIpc) is 2.73. The Morgan fingerprint density at radius 2 is 1.50 bits per heavy atom. The van der Waals surface area contributed by atoms with Crippen molar-refractivity contribution in [3.63, 3.8) is 0 Å². The van der Waals surface area contributed by atoms with E-state index in [9.17, 15) is 4.39 Å². The van der Waals surface area contributed by atoms with Crippen molar-refractivity contribution >= 4 is 23.0 Å². The lowest BCUT2D eigenvalue weighted by molar-refractivity contribution is 0.367. The molecule has 1 saturated heterocycles. The van der Waals surface area contributed by atoms with Crippen molar-refractivity contribution in [2.24, 2.45) is 0 Å². The number of nitriles is 2. The largest absolute Gasteiger partial charge is 0.368 e. The molecule has 28 heavy (non-hydrogen) atoms. The molecule has 2 aromatic rings. The maximum absolute atomic E-state index is 13.2. The summed E-state index contributed by atoms with van der Waals surface area (Å²) in [5.41, 5.74) is 2.94. The van der Waals surface area contributed by atoms with Crippen molar-refractivity contribution in [1.82, 2.24) is 4.90 Å². The number of rotatable bonds is 4. The van der Waals surface area contributed by atoms with Crippen molar-refractivity contribution in [2.75, 3.05) is 31.1 Å². The molecule has 0 aromatic heterocycles. The SMILES string of the molecule is N#CC(C#N)=C/C=C(/c1ccc(Cl)cc1)N1CCN(c2ccc(F)cc2)CC1. The third-order valence-corrected chi connectivity index (χ3v) is 4.85. The van der Waals surface area contributed by atoms with E-state index in [-0.39, 0.29) is 11.4 Å². The van der Waals surface area contributed by atoms with Crippen molar-refractivity contribution in [1.29, 1.82) is 10.5 Å². The minimum absolute atomic E-state index is 0.0522. The normalized spacial score (nSPS) is 14.2. The van der Waals surface area contributed by atoms with Gasteiger partial charge in [-0.1, -0.05) is 23.7 Å². The van der Waals surface area contributed by atoms with Crippen LogP contribution in [0.15, 0.2) is 66.3 Å². The third kappa shape index (κ3) is 4.71. The fraction of sp³-hybridized carbons (Fsp3) is 0.182. The molecule has 1 aliphatic rings. The van der Waals surface area contributed by atoms with Gasteiger partial charge in [0.05, 0.1) is 0 Å². The Labute approximate surface area is 169 Å². The number of hydrogen-bond acceptors (Lipinski definition) is 4. The number of nitrogens with zero attached hydrogens (tertiary/aromatic N) is 4. The summed E-state index contributed by atoms with van der Waals surface area (Å²) >= 11 is 6.01. The summed E-state index contributed by atoms with van der Waals surface area (Å²) < 4.78 is 13.2. The molecule has 0 aliphatic carbocycles. The van der Waals surface area contributed by atoms with Gasteiger partial charge in [-0.25, -0.2) is 4.39 Å². The second-order valence-corrected chi connectivity index (χ2v) is 6.75. The smallest absolute Gasteiger partial charge is 0.129 e. The number of halogens is 2. The van der Waals surface area contributed by atoms with E-state index >= 15 is 0 Å². The van der Waals surface area contributed by atoms with Crippen LogP contribution in [-0.4, -0.2) is 31.1 Å². The van der Waals surface area contributed by atoms with Gasteiger partial charge in [-0.15, -0.1) is 0 Å². The lowest BCUT2D eigenvalue weighted by atomic mass is 10.1. The first-order chi connectivity index (χ1) is 13.6. The summed E-state index contributed by atoms with van der Waals surface area (Å²) in [7, 11) is 0. The van der Waals surface area contributed by atoms with Crippen molar-refractivity contribution < 1.29 is 4.39 Å². The lowest BCUT2D eigenvalue weighted by Crippen LogP contribution is -2.45. The number of allylic oxidation sites excluding steroid dienone is 3. The van der Waals surface area contributed by atoms with Gasteiger partial charge in [0.25, 0.3) is 0 Å². The zero-order chi connectivity index (χ0) is 19.9. The van der Waals surface area contributed by atoms with Gasteiger partial charge in [-0.05, 0) is 54.1 Å². The molecule has 1 heterocycles. The molecule has 0 unspecified atom stereocenters. The Morgan fingerprint density at radius 3 is 2.07 bits per heavy atom. The Kier molecular flexibility index (Phi) is 6.32. The highest BCUT2D eigenvalue weighted by molar-refractivity contribution is 6.30. The first-order valence-corrected chi connectivity index (χ1v) is 9.22. The van der Waals surface area contributed by atoms with E-state index in [1.165, 1.54) is 18.2 Å². The monoisotopic (exact) mass is 392 g/mol. The number of hydrogen-bond donors (Lipinski definition) is 0. The molecular formula is C22H18ClFN4. The van der Waals surface area contributed by atoms with Crippen molar-refractivity contribution in [3.8, 4) is 12.1 Å². The summed E-state index contributed by atoms with van der Waals surface area (Å²) in [4.78, 5) is 4.42. The zero-order valence-electron chi connectivity index (χ0n) is 15.1. The molecule has 0 saturated carbocycles. The van der Waals surface area contributed by atoms with Crippen LogP contribution in [0.2, 0.25) is 5.02 Å². The number of anilines is 1. The van der Waals surface area contributed by atoms with Gasteiger partial charge in [0.2, 0.25) is 0 Å². The standard InChI is InChI=1S/C22H18ClFN4/c23-19-4-2-18(3-5-19)22(10-1-17(15-25)16-26)28-13-11-27(12-14-28)21-8-6-20(24)7-9-21/h1-10H,11-14H2/b22-10-. The van der Waals surface area contributed by atoms with Crippen LogP contribution in [0, 0.1) is 28.5 Å². The average molecular weight is 393 g/mol. The minimum Gasteiger partial charge on any atom is -0.368 e. The van der Waals surface area contributed by atoms with Crippen LogP contribution in [0.4, 0.5) is 10.1 Å². The van der Waals surface area contributed by atoms with E-state index in [2.05, 4.69) is 9.80 Å². The molecule has 1 fully saturated rings. The van der Waals surface area contributed by atoms with Crippen LogP contribution >= 0.6 is 11.6 Å². The van der Waals surface area contributed by atoms with E-state index in [0.717, 1.165) is 43.1 Å². The maximum Gasteiger partial charge on any atom is 0.129 e. The van der Waals surface area contributed by atoms with Gasteiger partial charge in [0, 0.05) is 42.6 Å². The highest BCUT2D eigenvalue weighted by Gasteiger charge is 2.20. The van der Waals surface area contributed by atoms with E-state index in [1.54, 1.807) is 18.2 Å². The maximum atomic E-state index is 13.2. The molecule has 0 spiro atoms. The zero-order valence-corrected chi connectivity index (χ0v) is 15.9. The second kappa shape index (κ2) is 9.08. The second-order valence-electron chi connectivity index (χ2n) is 6.31. The van der Waals surface area contributed by atoms with Gasteiger partial charge in [0.15, 0.2) is 0 Å². The van der Waals surface area contributed by atoms with E-state index in [0.29, 0.717) is 5.02 Å². The van der Waals surface area contributed by atoms with Gasteiger partial charge in [-0.3, -0.25) is 0 Å². The molecule has 1 aliphatic heterocycles. The van der Waals surface area contributed by atoms with Crippen LogP contribution in [0.25, 0.3) is 5.70 Å². The van der Waals surface area contributed by atoms with Crippen LogP contribution < -0.4 is 4.90 Å². The fourth-order valence-corrected chi connectivity index (χ4v) is 3.25. The topological polar surface area (TPSA) is 54.1 Å². The van der Waals surface area contributed by atoms with Crippen molar-refractivity contribution in [2.45, 2.75) is 0 Å². The van der Waals surface area contributed by atoms with E-state index < -0.39 is 0 Å². The molecule has 3 rings (SSSR count). The summed E-state index contributed by atoms with van der Waals surface area (Å²) in [6, 6.07) is 17.8. The molecule has 140 valence electrons. The first kappa shape index (κ1) is 19.5. The van der Waals surface area contributed by atoms with Gasteiger partial charge in [0.1, 0.15) is 23.5 Å². The van der Waals surface area contributed by atoms with Crippen LogP contribution in [0.5, 0.6) is 0 Å². The lowest BCUT2D eigenvalue weighted by Gasteiger charge is -2.38. The Balaban J connectivity index is 1.82. The predicted molar refractivity (Wildman–Crippen MR) is 109 cm³/mol. The highest BCUT2D eigenvalue weighted by Crippen LogP contribution is 2.25. The molecule has 4 nitrogen and oxygen atoms in total. The quantitative estimate of drug-likeness (QED) is 0.563. The number of benzene rings is 2. The molecular weight excluding hydrogens is 375 g/mol. The fourth-order valence-electron chi connectivity index (χ4n) is 3.12. The highest BCUT2D eigenvalue weighted by atomic mass is 35.5. The Hall–Kier alpha value is -3.28. The molecule has 0 N–H and O–H groups in total. The molecule has 2 aromatic carbocycles. The van der Waals surface area contributed by atoms with Gasteiger partial charge < -0.3 is 9.80 Å². The van der Waals surface area contributed by atoms with Crippen molar-refractivity contribution in [3.05, 3.63) is 82.7 Å². The molecule has 0 radical (unpaired) electrons. The summed E-state index contributed by atoms with van der Waals surface area (Å²) in [5, 5.41) is 18.7. The minimum atomic E-state index is -0.243. The first-order valence-electron chi connectivity index (χ1n) is 8.84. The van der Waals surface area contributed by atoms with E-state index in [4.69, 9.17) is 22.1 Å². The molecule has 0 amide bonds. The summed E-state index contributed by atoms with van der Waals surface area (Å²) in [5.74, 6) is -0.243. The van der Waals surface area contributed by atoms with Gasteiger partial charge in [-0.2, -0.15) is 10.5 Å². The van der Waals surface area contributed by atoms with E-state index in [1.807, 2.05) is 36.4 Å². The van der Waals surface area contributed by atoms with Crippen LogP contribution in [0.1, 0.15) is 5.56 Å². The molecule has 0 atom stereocenters. The Morgan fingerprint density at radius 1 is 0.893 bits per heavy atom.